The number of hydrogen-bond acceptors (Lipinski definition) is 2. The predicted octanol–water partition coefficient (Wildman–Crippen LogP) is 2.06. The molecule has 4 heteroatoms. The molecule has 1 unspecified atom stereocenters. The lowest BCUT2D eigenvalue weighted by molar-refractivity contribution is -0.119. The molecule has 1 aromatic rings. The Balaban J connectivity index is 2.69. The Labute approximate surface area is 94.8 Å². The van der Waals surface area contributed by atoms with Gasteiger partial charge in [0.05, 0.1) is 5.69 Å². The Bertz CT molecular complexity index is 379. The van der Waals surface area contributed by atoms with Crippen LogP contribution in [-0.2, 0) is 4.79 Å². The van der Waals surface area contributed by atoms with E-state index in [2.05, 4.69) is 5.32 Å². The van der Waals surface area contributed by atoms with Crippen LogP contribution in [0.4, 0.5) is 10.1 Å². The van der Waals surface area contributed by atoms with Crippen LogP contribution in [0.3, 0.4) is 0 Å². The fourth-order valence-electron chi connectivity index (χ4n) is 1.36. The zero-order chi connectivity index (χ0) is 12.1. The average Bonchev–Trinajstić information content (AvgIpc) is 2.22. The van der Waals surface area contributed by atoms with Crippen LogP contribution in [0.1, 0.15) is 18.9 Å². The van der Waals surface area contributed by atoms with Gasteiger partial charge in [0.15, 0.2) is 0 Å². The van der Waals surface area contributed by atoms with Crippen LogP contribution < -0.4 is 11.1 Å². The molecule has 0 aliphatic rings. The van der Waals surface area contributed by atoms with E-state index in [0.29, 0.717) is 13.0 Å². The van der Waals surface area contributed by atoms with Crippen molar-refractivity contribution < 1.29 is 9.18 Å². The molecular formula is C12H17FN2O. The lowest BCUT2D eigenvalue weighted by Crippen LogP contribution is -2.23. The van der Waals surface area contributed by atoms with E-state index >= 15 is 0 Å². The summed E-state index contributed by atoms with van der Waals surface area (Å²) >= 11 is 0. The summed E-state index contributed by atoms with van der Waals surface area (Å²) in [5.74, 6) is -0.813. The summed E-state index contributed by atoms with van der Waals surface area (Å²) in [7, 11) is 0. The van der Waals surface area contributed by atoms with E-state index in [-0.39, 0.29) is 17.5 Å². The quantitative estimate of drug-likeness (QED) is 0.822. The van der Waals surface area contributed by atoms with Gasteiger partial charge < -0.3 is 11.1 Å². The third-order valence-electron chi connectivity index (χ3n) is 2.43. The molecule has 0 aliphatic carbocycles. The Kier molecular flexibility index (Phi) is 4.43. The molecule has 0 saturated heterocycles. The Morgan fingerprint density at radius 1 is 1.56 bits per heavy atom. The molecule has 1 amide bonds. The van der Waals surface area contributed by atoms with E-state index < -0.39 is 5.82 Å². The zero-order valence-electron chi connectivity index (χ0n) is 9.59. The normalized spacial score (nSPS) is 12.2. The summed E-state index contributed by atoms with van der Waals surface area (Å²) in [6.45, 7) is 4.02. The minimum absolute atomic E-state index is 0.201. The molecule has 0 saturated carbocycles. The molecule has 0 spiro atoms. The second-order valence-corrected chi connectivity index (χ2v) is 3.95. The van der Waals surface area contributed by atoms with E-state index in [1.807, 2.05) is 0 Å². The van der Waals surface area contributed by atoms with Crippen LogP contribution in [0.2, 0.25) is 0 Å². The minimum atomic E-state index is -0.409. The maximum atomic E-state index is 13.4. The van der Waals surface area contributed by atoms with E-state index in [4.69, 9.17) is 5.73 Å². The van der Waals surface area contributed by atoms with Crippen molar-refractivity contribution in [3.8, 4) is 0 Å². The van der Waals surface area contributed by atoms with Crippen molar-refractivity contribution >= 4 is 11.6 Å². The third-order valence-corrected chi connectivity index (χ3v) is 2.43. The van der Waals surface area contributed by atoms with Gasteiger partial charge in [-0.05, 0) is 37.6 Å². The summed E-state index contributed by atoms with van der Waals surface area (Å²) in [6, 6.07) is 4.72. The number of amides is 1. The maximum Gasteiger partial charge on any atom is 0.227 e. The average molecular weight is 224 g/mol. The zero-order valence-corrected chi connectivity index (χ0v) is 9.59. The summed E-state index contributed by atoms with van der Waals surface area (Å²) in [4.78, 5) is 11.6. The van der Waals surface area contributed by atoms with Gasteiger partial charge in [-0.25, -0.2) is 4.39 Å². The summed E-state index contributed by atoms with van der Waals surface area (Å²) in [6.07, 6.45) is 0.597. The molecule has 3 nitrogen and oxygen atoms in total. The van der Waals surface area contributed by atoms with Crippen molar-refractivity contribution in [2.45, 2.75) is 20.3 Å². The van der Waals surface area contributed by atoms with Crippen molar-refractivity contribution in [2.24, 2.45) is 11.7 Å². The van der Waals surface area contributed by atoms with Crippen molar-refractivity contribution in [2.75, 3.05) is 11.9 Å². The molecule has 0 aliphatic heterocycles. The van der Waals surface area contributed by atoms with Gasteiger partial charge in [-0.15, -0.1) is 0 Å². The first-order chi connectivity index (χ1) is 7.54. The molecule has 0 radical (unpaired) electrons. The van der Waals surface area contributed by atoms with Gasteiger partial charge in [0, 0.05) is 5.92 Å². The number of anilines is 1. The van der Waals surface area contributed by atoms with Gasteiger partial charge in [-0.2, -0.15) is 0 Å². The smallest absolute Gasteiger partial charge is 0.227 e. The van der Waals surface area contributed by atoms with E-state index in [1.54, 1.807) is 26.0 Å². The number of carbonyl (C=O) groups excluding carboxylic acids is 1. The third kappa shape index (κ3) is 3.31. The fourth-order valence-corrected chi connectivity index (χ4v) is 1.36. The molecule has 3 N–H and O–H groups in total. The van der Waals surface area contributed by atoms with E-state index in [0.717, 1.165) is 5.56 Å². The molecule has 0 fully saturated rings. The van der Waals surface area contributed by atoms with Crippen molar-refractivity contribution in [1.82, 2.24) is 0 Å². The van der Waals surface area contributed by atoms with Crippen LogP contribution in [0, 0.1) is 18.7 Å². The second kappa shape index (κ2) is 5.61. The maximum absolute atomic E-state index is 13.4. The highest BCUT2D eigenvalue weighted by atomic mass is 19.1. The first-order valence-corrected chi connectivity index (χ1v) is 5.31. The first kappa shape index (κ1) is 12.6. The number of carbonyl (C=O) groups is 1. The Morgan fingerprint density at radius 3 is 2.81 bits per heavy atom. The number of nitrogens with two attached hydrogens (primary N) is 1. The van der Waals surface area contributed by atoms with Crippen LogP contribution in [0.15, 0.2) is 18.2 Å². The lowest BCUT2D eigenvalue weighted by atomic mass is 10.1. The minimum Gasteiger partial charge on any atom is -0.330 e. The number of aryl methyl sites for hydroxylation is 1. The van der Waals surface area contributed by atoms with Gasteiger partial charge in [0.1, 0.15) is 5.82 Å². The molecule has 1 rings (SSSR count). The molecule has 88 valence electrons. The van der Waals surface area contributed by atoms with Crippen LogP contribution >= 0.6 is 0 Å². The monoisotopic (exact) mass is 224 g/mol. The van der Waals surface area contributed by atoms with Crippen molar-refractivity contribution in [3.05, 3.63) is 29.6 Å². The highest BCUT2D eigenvalue weighted by molar-refractivity contribution is 5.92. The molecule has 1 atom stereocenters. The van der Waals surface area contributed by atoms with Crippen LogP contribution in [0.5, 0.6) is 0 Å². The topological polar surface area (TPSA) is 55.1 Å². The fraction of sp³-hybridized carbons (Fsp3) is 0.417. The molecule has 0 heterocycles. The number of halogens is 1. The largest absolute Gasteiger partial charge is 0.330 e. The molecule has 0 aromatic heterocycles. The summed E-state index contributed by atoms with van der Waals surface area (Å²) in [5.41, 5.74) is 6.40. The number of rotatable bonds is 4. The van der Waals surface area contributed by atoms with E-state index in [9.17, 15) is 9.18 Å². The molecular weight excluding hydrogens is 207 g/mol. The van der Waals surface area contributed by atoms with Crippen molar-refractivity contribution in [3.63, 3.8) is 0 Å². The molecule has 0 bridgehead atoms. The standard InChI is InChI=1S/C12H17FN2O/c1-8-3-4-11(10(13)7-8)15-12(16)9(2)5-6-14/h3-4,7,9H,5-6,14H2,1-2H3,(H,15,16). The van der Waals surface area contributed by atoms with Crippen LogP contribution in [-0.4, -0.2) is 12.5 Å². The number of hydrogen-bond donors (Lipinski definition) is 2. The summed E-state index contributed by atoms with van der Waals surface area (Å²) in [5, 5.41) is 2.55. The first-order valence-electron chi connectivity index (χ1n) is 5.31. The Morgan fingerprint density at radius 2 is 2.25 bits per heavy atom. The van der Waals surface area contributed by atoms with Gasteiger partial charge >= 0.3 is 0 Å². The summed E-state index contributed by atoms with van der Waals surface area (Å²) < 4.78 is 13.4. The predicted molar refractivity (Wildman–Crippen MR) is 62.6 cm³/mol. The van der Waals surface area contributed by atoms with Crippen molar-refractivity contribution in [1.29, 1.82) is 0 Å². The highest BCUT2D eigenvalue weighted by Crippen LogP contribution is 2.16. The molecule has 1 aromatic carbocycles. The molecule has 16 heavy (non-hydrogen) atoms. The van der Waals surface area contributed by atoms with Gasteiger partial charge in [0.2, 0.25) is 5.91 Å². The SMILES string of the molecule is Cc1ccc(NC(=O)C(C)CCN)c(F)c1. The highest BCUT2D eigenvalue weighted by Gasteiger charge is 2.13. The number of nitrogens with one attached hydrogen (secondary N) is 1. The number of benzene rings is 1. The van der Waals surface area contributed by atoms with Crippen LogP contribution in [0.25, 0.3) is 0 Å². The lowest BCUT2D eigenvalue weighted by Gasteiger charge is -2.11. The van der Waals surface area contributed by atoms with Gasteiger partial charge in [0.25, 0.3) is 0 Å². The second-order valence-electron chi connectivity index (χ2n) is 3.95. The van der Waals surface area contributed by atoms with Gasteiger partial charge in [-0.3, -0.25) is 4.79 Å². The Hall–Kier alpha value is -1.42. The van der Waals surface area contributed by atoms with Gasteiger partial charge in [-0.1, -0.05) is 13.0 Å². The van der Waals surface area contributed by atoms with E-state index in [1.165, 1.54) is 6.07 Å².